The zero-order valence-electron chi connectivity index (χ0n) is 16.9. The molecule has 2 heterocycles. The summed E-state index contributed by atoms with van der Waals surface area (Å²) < 4.78 is 7.93. The van der Waals surface area contributed by atoms with Gasteiger partial charge >= 0.3 is 0 Å². The fourth-order valence-electron chi connectivity index (χ4n) is 3.22. The Bertz CT molecular complexity index is 912. The van der Waals surface area contributed by atoms with Crippen LogP contribution in [-0.4, -0.2) is 77.5 Å². The molecule has 1 aromatic heterocycles. The van der Waals surface area contributed by atoms with E-state index < -0.39 is 0 Å². The SMILES string of the molecule is CCOCCCn1c(SCC(=O)N2CCN(C)CC2)nc2ccc(Br)cc2c1=O. The van der Waals surface area contributed by atoms with E-state index in [1.165, 1.54) is 11.8 Å². The molecule has 1 aliphatic rings. The summed E-state index contributed by atoms with van der Waals surface area (Å²) in [7, 11) is 2.06. The first-order valence-electron chi connectivity index (χ1n) is 9.86. The number of fused-ring (bicyclic) bond motifs is 1. The third kappa shape index (κ3) is 5.81. The van der Waals surface area contributed by atoms with Crippen LogP contribution in [0.3, 0.4) is 0 Å². The highest BCUT2D eigenvalue weighted by molar-refractivity contribution is 9.10. The summed E-state index contributed by atoms with van der Waals surface area (Å²) in [6.07, 6.45) is 0.717. The van der Waals surface area contributed by atoms with E-state index in [0.717, 1.165) is 37.1 Å². The molecule has 0 N–H and O–H groups in total. The first-order valence-corrected chi connectivity index (χ1v) is 11.6. The molecule has 0 radical (unpaired) electrons. The van der Waals surface area contributed by atoms with Gasteiger partial charge in [0.1, 0.15) is 0 Å². The number of ether oxygens (including phenoxy) is 1. The van der Waals surface area contributed by atoms with Gasteiger partial charge in [0, 0.05) is 50.4 Å². The summed E-state index contributed by atoms with van der Waals surface area (Å²) in [5.74, 6) is 0.373. The van der Waals surface area contributed by atoms with Crippen molar-refractivity contribution in [3.05, 3.63) is 33.0 Å². The van der Waals surface area contributed by atoms with Crippen molar-refractivity contribution in [2.75, 3.05) is 52.2 Å². The molecule has 3 rings (SSSR count). The van der Waals surface area contributed by atoms with E-state index in [-0.39, 0.29) is 17.2 Å². The van der Waals surface area contributed by atoms with E-state index in [1.807, 2.05) is 24.0 Å². The van der Waals surface area contributed by atoms with Crippen LogP contribution >= 0.6 is 27.7 Å². The topological polar surface area (TPSA) is 67.7 Å². The Morgan fingerprint density at radius 2 is 2.03 bits per heavy atom. The van der Waals surface area contributed by atoms with Crippen molar-refractivity contribution in [1.29, 1.82) is 0 Å². The van der Waals surface area contributed by atoms with Gasteiger partial charge in [-0.3, -0.25) is 14.2 Å². The maximum absolute atomic E-state index is 13.1. The summed E-state index contributed by atoms with van der Waals surface area (Å²) in [6.45, 7) is 6.98. The number of halogens is 1. The number of aromatic nitrogens is 2. The number of hydrogen-bond acceptors (Lipinski definition) is 6. The molecule has 7 nitrogen and oxygen atoms in total. The highest BCUT2D eigenvalue weighted by atomic mass is 79.9. The van der Waals surface area contributed by atoms with E-state index in [4.69, 9.17) is 9.72 Å². The number of carbonyl (C=O) groups excluding carboxylic acids is 1. The lowest BCUT2D eigenvalue weighted by Crippen LogP contribution is -2.47. The third-order valence-corrected chi connectivity index (χ3v) is 6.39. The first kappa shape index (κ1) is 22.3. The molecule has 0 spiro atoms. The largest absolute Gasteiger partial charge is 0.382 e. The molecule has 9 heteroatoms. The zero-order chi connectivity index (χ0) is 20.8. The number of nitrogens with zero attached hydrogens (tertiary/aromatic N) is 4. The van der Waals surface area contributed by atoms with Gasteiger partial charge in [0.15, 0.2) is 5.16 Å². The van der Waals surface area contributed by atoms with E-state index >= 15 is 0 Å². The van der Waals surface area contributed by atoms with Gasteiger partial charge in [-0.15, -0.1) is 0 Å². The van der Waals surface area contributed by atoms with Crippen LogP contribution in [0.15, 0.2) is 32.6 Å². The highest BCUT2D eigenvalue weighted by Crippen LogP contribution is 2.21. The van der Waals surface area contributed by atoms with Crippen molar-refractivity contribution in [2.24, 2.45) is 0 Å². The second-order valence-electron chi connectivity index (χ2n) is 7.04. The zero-order valence-corrected chi connectivity index (χ0v) is 19.3. The number of rotatable bonds is 8. The average molecular weight is 483 g/mol. The summed E-state index contributed by atoms with van der Waals surface area (Å²) in [5, 5.41) is 1.16. The predicted octanol–water partition coefficient (Wildman–Crippen LogP) is 2.45. The summed E-state index contributed by atoms with van der Waals surface area (Å²) in [5.41, 5.74) is 0.566. The van der Waals surface area contributed by atoms with Crippen molar-refractivity contribution in [3.63, 3.8) is 0 Å². The number of carbonyl (C=O) groups is 1. The van der Waals surface area contributed by atoms with Crippen molar-refractivity contribution < 1.29 is 9.53 Å². The maximum Gasteiger partial charge on any atom is 0.262 e. The molecule has 0 unspecified atom stereocenters. The summed E-state index contributed by atoms with van der Waals surface area (Å²) in [4.78, 5) is 34.5. The van der Waals surface area contributed by atoms with Gasteiger partial charge < -0.3 is 14.5 Å². The average Bonchev–Trinajstić information content (AvgIpc) is 2.72. The monoisotopic (exact) mass is 482 g/mol. The lowest BCUT2D eigenvalue weighted by atomic mass is 10.2. The summed E-state index contributed by atoms with van der Waals surface area (Å²) in [6, 6.07) is 5.50. The minimum Gasteiger partial charge on any atom is -0.382 e. The highest BCUT2D eigenvalue weighted by Gasteiger charge is 2.20. The summed E-state index contributed by atoms with van der Waals surface area (Å²) >= 11 is 4.77. The minimum absolute atomic E-state index is 0.0812. The van der Waals surface area contributed by atoms with Gasteiger partial charge in [-0.25, -0.2) is 4.98 Å². The Kier molecular flexibility index (Phi) is 8.11. The molecular formula is C20H27BrN4O3S. The molecule has 158 valence electrons. The van der Waals surface area contributed by atoms with E-state index in [0.29, 0.717) is 35.8 Å². The number of thioether (sulfide) groups is 1. The fourth-order valence-corrected chi connectivity index (χ4v) is 4.51. The van der Waals surface area contributed by atoms with Crippen LogP contribution in [-0.2, 0) is 16.1 Å². The van der Waals surface area contributed by atoms with Crippen LogP contribution in [0.5, 0.6) is 0 Å². The van der Waals surface area contributed by atoms with Crippen LogP contribution in [0.2, 0.25) is 0 Å². The number of piperazine rings is 1. The van der Waals surface area contributed by atoms with Crippen LogP contribution in [0.25, 0.3) is 10.9 Å². The van der Waals surface area contributed by atoms with Crippen molar-refractivity contribution >= 4 is 44.5 Å². The number of benzene rings is 1. The van der Waals surface area contributed by atoms with E-state index in [1.54, 1.807) is 10.6 Å². The fraction of sp³-hybridized carbons (Fsp3) is 0.550. The lowest BCUT2D eigenvalue weighted by molar-refractivity contribution is -0.129. The van der Waals surface area contributed by atoms with E-state index in [2.05, 4.69) is 27.9 Å². The van der Waals surface area contributed by atoms with Gasteiger partial charge in [0.05, 0.1) is 16.7 Å². The Labute approximate surface area is 183 Å². The molecule has 0 aliphatic carbocycles. The predicted molar refractivity (Wildman–Crippen MR) is 120 cm³/mol. The Hall–Kier alpha value is -1.42. The minimum atomic E-state index is -0.0812. The van der Waals surface area contributed by atoms with E-state index in [9.17, 15) is 9.59 Å². The standard InChI is InChI=1S/C20H27BrN4O3S/c1-3-28-12-4-7-25-19(27)16-13-15(21)5-6-17(16)22-20(25)29-14-18(26)24-10-8-23(2)9-11-24/h5-6,13H,3-4,7-12,14H2,1-2H3. The molecule has 0 bridgehead atoms. The molecule has 1 aromatic carbocycles. The normalized spacial score (nSPS) is 15.2. The van der Waals surface area contributed by atoms with Gasteiger partial charge in [-0.1, -0.05) is 27.7 Å². The van der Waals surface area contributed by atoms with Gasteiger partial charge in [0.25, 0.3) is 5.56 Å². The molecule has 1 saturated heterocycles. The second-order valence-corrected chi connectivity index (χ2v) is 8.89. The van der Waals surface area contributed by atoms with Crippen LogP contribution in [0, 0.1) is 0 Å². The van der Waals surface area contributed by atoms with Crippen LogP contribution < -0.4 is 5.56 Å². The lowest BCUT2D eigenvalue weighted by Gasteiger charge is -2.32. The quantitative estimate of drug-likeness (QED) is 0.327. The Morgan fingerprint density at radius 1 is 1.28 bits per heavy atom. The third-order valence-electron chi connectivity index (χ3n) is 4.94. The molecule has 2 aromatic rings. The van der Waals surface area contributed by atoms with Crippen molar-refractivity contribution in [3.8, 4) is 0 Å². The van der Waals surface area contributed by atoms with Crippen LogP contribution in [0.1, 0.15) is 13.3 Å². The van der Waals surface area contributed by atoms with Crippen molar-refractivity contribution in [1.82, 2.24) is 19.4 Å². The molecular weight excluding hydrogens is 456 g/mol. The van der Waals surface area contributed by atoms with Crippen molar-refractivity contribution in [2.45, 2.75) is 25.0 Å². The number of likely N-dealkylation sites (N-methyl/N-ethyl adjacent to an activating group) is 1. The smallest absolute Gasteiger partial charge is 0.262 e. The number of hydrogen-bond donors (Lipinski definition) is 0. The molecule has 29 heavy (non-hydrogen) atoms. The number of amides is 1. The molecule has 0 saturated carbocycles. The Morgan fingerprint density at radius 3 is 2.76 bits per heavy atom. The van der Waals surface area contributed by atoms with Gasteiger partial charge in [0.2, 0.25) is 5.91 Å². The molecule has 0 atom stereocenters. The Balaban J connectivity index is 1.79. The molecule has 1 amide bonds. The molecule has 1 aliphatic heterocycles. The molecule has 1 fully saturated rings. The second kappa shape index (κ2) is 10.6. The van der Waals surface area contributed by atoms with Crippen LogP contribution in [0.4, 0.5) is 0 Å². The first-order chi connectivity index (χ1) is 14.0. The maximum atomic E-state index is 13.1. The van der Waals surface area contributed by atoms with Gasteiger partial charge in [-0.05, 0) is 38.6 Å². The van der Waals surface area contributed by atoms with Gasteiger partial charge in [-0.2, -0.15) is 0 Å².